The lowest BCUT2D eigenvalue weighted by Crippen LogP contribution is -2.33. The van der Waals surface area contributed by atoms with Crippen LogP contribution in [0.2, 0.25) is 0 Å². The fourth-order valence-corrected chi connectivity index (χ4v) is 2.69. The van der Waals surface area contributed by atoms with E-state index in [9.17, 15) is 9.59 Å². The minimum atomic E-state index is -0.425. The van der Waals surface area contributed by atoms with Crippen molar-refractivity contribution < 1.29 is 14.3 Å². The molecule has 2 amide bonds. The average Bonchev–Trinajstić information content (AvgIpc) is 2.66. The van der Waals surface area contributed by atoms with Crippen LogP contribution in [0.5, 0.6) is 0 Å². The maximum Gasteiger partial charge on any atom is 0.236 e. The van der Waals surface area contributed by atoms with E-state index in [1.54, 1.807) is 6.07 Å². The molecule has 0 radical (unpaired) electrons. The molecule has 1 atom stereocenters. The molecule has 0 aliphatic heterocycles. The van der Waals surface area contributed by atoms with Crippen molar-refractivity contribution in [3.8, 4) is 0 Å². The van der Waals surface area contributed by atoms with Crippen molar-refractivity contribution in [1.29, 1.82) is 0 Å². The number of carbonyl (C=O) groups excluding carboxylic acids is 2. The Balaban J connectivity index is 0.00000392. The number of amides is 2. The van der Waals surface area contributed by atoms with Crippen LogP contribution in [0.3, 0.4) is 0 Å². The van der Waals surface area contributed by atoms with Crippen molar-refractivity contribution in [2.75, 3.05) is 30.4 Å². The Morgan fingerprint density at radius 1 is 1.10 bits per heavy atom. The summed E-state index contributed by atoms with van der Waals surface area (Å²) < 4.78 is 5.13. The van der Waals surface area contributed by atoms with Gasteiger partial charge < -0.3 is 26.4 Å². The van der Waals surface area contributed by atoms with Crippen molar-refractivity contribution in [3.05, 3.63) is 60.2 Å². The van der Waals surface area contributed by atoms with Crippen LogP contribution >= 0.6 is 24.8 Å². The second-order valence-electron chi connectivity index (χ2n) is 6.20. The van der Waals surface area contributed by atoms with Crippen LogP contribution in [0.4, 0.5) is 11.4 Å². The number of hydrogen-bond acceptors (Lipinski definition) is 5. The SMILES string of the molecule is COC(CN)CC(=O)Nc1cccc(N(CC(N)=O)Cc2ccccc2)c1.Cl.Cl. The predicted octanol–water partition coefficient (Wildman–Crippen LogP) is 2.32. The summed E-state index contributed by atoms with van der Waals surface area (Å²) in [5.74, 6) is -0.611. The van der Waals surface area contributed by atoms with Gasteiger partial charge in [0.1, 0.15) is 0 Å². The molecule has 0 bridgehead atoms. The summed E-state index contributed by atoms with van der Waals surface area (Å²) in [7, 11) is 1.52. The Morgan fingerprint density at radius 2 is 1.79 bits per heavy atom. The third-order valence-electron chi connectivity index (χ3n) is 4.07. The topological polar surface area (TPSA) is 111 Å². The van der Waals surface area contributed by atoms with Crippen LogP contribution in [0.1, 0.15) is 12.0 Å². The number of anilines is 2. The number of benzene rings is 2. The fraction of sp³-hybridized carbons (Fsp3) is 0.300. The van der Waals surface area contributed by atoms with Gasteiger partial charge in [-0.25, -0.2) is 0 Å². The van der Waals surface area contributed by atoms with E-state index in [-0.39, 0.29) is 56.3 Å². The van der Waals surface area contributed by atoms with Crippen molar-refractivity contribution in [2.24, 2.45) is 11.5 Å². The molecular formula is C20H28Cl2N4O3. The molecule has 0 aliphatic rings. The molecule has 0 heterocycles. The van der Waals surface area contributed by atoms with Crippen LogP contribution in [0, 0.1) is 0 Å². The Morgan fingerprint density at radius 3 is 2.38 bits per heavy atom. The van der Waals surface area contributed by atoms with E-state index >= 15 is 0 Å². The average molecular weight is 443 g/mol. The number of ether oxygens (including phenoxy) is 1. The lowest BCUT2D eigenvalue weighted by molar-refractivity contribution is -0.118. The Bertz CT molecular complexity index is 758. The van der Waals surface area contributed by atoms with Gasteiger partial charge in [0.25, 0.3) is 0 Å². The molecule has 1 unspecified atom stereocenters. The molecule has 0 saturated heterocycles. The second-order valence-corrected chi connectivity index (χ2v) is 6.20. The number of nitrogens with zero attached hydrogens (tertiary/aromatic N) is 1. The summed E-state index contributed by atoms with van der Waals surface area (Å²) in [6.07, 6.45) is -0.149. The minimum Gasteiger partial charge on any atom is -0.380 e. The van der Waals surface area contributed by atoms with Gasteiger partial charge in [-0.1, -0.05) is 36.4 Å². The van der Waals surface area contributed by atoms with E-state index < -0.39 is 5.91 Å². The fourth-order valence-electron chi connectivity index (χ4n) is 2.69. The molecule has 160 valence electrons. The van der Waals surface area contributed by atoms with Gasteiger partial charge in [0.15, 0.2) is 0 Å². The van der Waals surface area contributed by atoms with Crippen LogP contribution in [0.25, 0.3) is 0 Å². The first kappa shape index (κ1) is 26.7. The first-order valence-electron chi connectivity index (χ1n) is 8.71. The zero-order chi connectivity index (χ0) is 19.6. The highest BCUT2D eigenvalue weighted by Crippen LogP contribution is 2.21. The normalized spacial score (nSPS) is 10.8. The summed E-state index contributed by atoms with van der Waals surface area (Å²) in [6.45, 7) is 0.874. The maximum atomic E-state index is 12.2. The van der Waals surface area contributed by atoms with E-state index in [2.05, 4.69) is 5.32 Å². The lowest BCUT2D eigenvalue weighted by atomic mass is 10.1. The van der Waals surface area contributed by atoms with E-state index in [1.807, 2.05) is 53.4 Å². The van der Waals surface area contributed by atoms with E-state index in [1.165, 1.54) is 7.11 Å². The van der Waals surface area contributed by atoms with E-state index in [0.29, 0.717) is 12.2 Å². The molecule has 0 fully saturated rings. The van der Waals surface area contributed by atoms with Crippen molar-refractivity contribution in [2.45, 2.75) is 19.1 Å². The third-order valence-corrected chi connectivity index (χ3v) is 4.07. The number of carbonyl (C=O) groups is 2. The van der Waals surface area contributed by atoms with Gasteiger partial charge in [-0.05, 0) is 23.8 Å². The van der Waals surface area contributed by atoms with Crippen molar-refractivity contribution in [3.63, 3.8) is 0 Å². The number of hydrogen-bond donors (Lipinski definition) is 3. The first-order chi connectivity index (χ1) is 13.0. The lowest BCUT2D eigenvalue weighted by Gasteiger charge is -2.24. The van der Waals surface area contributed by atoms with Gasteiger partial charge >= 0.3 is 0 Å². The summed E-state index contributed by atoms with van der Waals surface area (Å²) in [6, 6.07) is 17.1. The Labute approximate surface area is 183 Å². The summed E-state index contributed by atoms with van der Waals surface area (Å²) in [5, 5.41) is 2.84. The number of halogens is 2. The molecule has 5 N–H and O–H groups in total. The molecule has 29 heavy (non-hydrogen) atoms. The maximum absolute atomic E-state index is 12.2. The minimum absolute atomic E-state index is 0. The predicted molar refractivity (Wildman–Crippen MR) is 121 cm³/mol. The molecule has 7 nitrogen and oxygen atoms in total. The monoisotopic (exact) mass is 442 g/mol. The van der Waals surface area contributed by atoms with Gasteiger partial charge in [0.05, 0.1) is 19.1 Å². The zero-order valence-corrected chi connectivity index (χ0v) is 17.9. The Hall–Kier alpha value is -2.32. The molecule has 0 saturated carbocycles. The van der Waals surface area contributed by atoms with E-state index in [4.69, 9.17) is 16.2 Å². The summed E-state index contributed by atoms with van der Waals surface area (Å²) in [5.41, 5.74) is 13.4. The number of rotatable bonds is 10. The van der Waals surface area contributed by atoms with Gasteiger partial charge in [-0.2, -0.15) is 0 Å². The highest BCUT2D eigenvalue weighted by Gasteiger charge is 2.14. The number of nitrogens with one attached hydrogen (secondary N) is 1. The summed E-state index contributed by atoms with van der Waals surface area (Å²) in [4.78, 5) is 25.5. The van der Waals surface area contributed by atoms with Gasteiger partial charge in [0.2, 0.25) is 11.8 Å². The molecule has 0 aliphatic carbocycles. The van der Waals surface area contributed by atoms with E-state index in [0.717, 1.165) is 11.3 Å². The third kappa shape index (κ3) is 9.15. The van der Waals surface area contributed by atoms with Gasteiger partial charge in [-0.3, -0.25) is 9.59 Å². The molecule has 2 aromatic rings. The second kappa shape index (κ2) is 13.8. The van der Waals surface area contributed by atoms with Gasteiger partial charge in [-0.15, -0.1) is 24.8 Å². The molecule has 2 rings (SSSR count). The van der Waals surface area contributed by atoms with Crippen LogP contribution < -0.4 is 21.7 Å². The molecular weight excluding hydrogens is 415 g/mol. The van der Waals surface area contributed by atoms with Gasteiger partial charge in [0, 0.05) is 31.6 Å². The first-order valence-corrected chi connectivity index (χ1v) is 8.71. The van der Waals surface area contributed by atoms with Crippen LogP contribution in [-0.2, 0) is 20.9 Å². The standard InChI is InChI=1S/C20H26N4O3.2ClH/c1-27-18(12-21)11-20(26)23-16-8-5-9-17(10-16)24(14-19(22)25)13-15-6-3-2-4-7-15;;/h2-10,18H,11-14,21H2,1H3,(H2,22,25)(H,23,26);2*1H. The largest absolute Gasteiger partial charge is 0.380 e. The molecule has 2 aromatic carbocycles. The highest BCUT2D eigenvalue weighted by molar-refractivity contribution is 5.91. The highest BCUT2D eigenvalue weighted by atomic mass is 35.5. The number of nitrogens with two attached hydrogens (primary N) is 2. The number of methoxy groups -OCH3 is 1. The summed E-state index contributed by atoms with van der Waals surface area (Å²) >= 11 is 0. The zero-order valence-electron chi connectivity index (χ0n) is 16.2. The molecule has 9 heteroatoms. The van der Waals surface area contributed by atoms with Crippen molar-refractivity contribution >= 4 is 48.0 Å². The van der Waals surface area contributed by atoms with Crippen LogP contribution in [-0.4, -0.2) is 38.1 Å². The molecule has 0 spiro atoms. The quantitative estimate of drug-likeness (QED) is 0.522. The smallest absolute Gasteiger partial charge is 0.236 e. The Kier molecular flexibility index (Phi) is 12.7. The number of primary amides is 1. The molecule has 0 aromatic heterocycles. The van der Waals surface area contributed by atoms with Crippen molar-refractivity contribution in [1.82, 2.24) is 0 Å². The van der Waals surface area contributed by atoms with Crippen LogP contribution in [0.15, 0.2) is 54.6 Å².